The second-order valence-corrected chi connectivity index (χ2v) is 14.4. The Hall–Kier alpha value is -4.44. The number of nitrogen functional groups attached to an aromatic ring is 1. The first-order chi connectivity index (χ1) is 23.8. The minimum absolute atomic E-state index is 0.0116. The van der Waals surface area contributed by atoms with E-state index in [1.165, 1.54) is 30.3 Å². The van der Waals surface area contributed by atoms with E-state index in [0.717, 1.165) is 17.5 Å². The topological polar surface area (TPSA) is 151 Å². The van der Waals surface area contributed by atoms with E-state index in [1.54, 1.807) is 60.7 Å². The third-order valence-corrected chi connectivity index (χ3v) is 11.2. The average molecular weight is 733 g/mol. The summed E-state index contributed by atoms with van der Waals surface area (Å²) in [6.07, 6.45) is -5.00. The van der Waals surface area contributed by atoms with Crippen LogP contribution in [-0.2, 0) is 19.6 Å². The van der Waals surface area contributed by atoms with Crippen molar-refractivity contribution in [2.75, 3.05) is 26.0 Å². The number of nitrogens with zero attached hydrogens (tertiary/aromatic N) is 1. The van der Waals surface area contributed by atoms with Crippen molar-refractivity contribution in [3.63, 3.8) is 0 Å². The van der Waals surface area contributed by atoms with Crippen molar-refractivity contribution in [1.29, 1.82) is 0 Å². The number of aliphatic hydroxyl groups excluding tert-OH is 1. The number of anilines is 1. The quantitative estimate of drug-likeness (QED) is 0.107. The van der Waals surface area contributed by atoms with Gasteiger partial charge in [-0.3, -0.25) is 4.79 Å². The zero-order valence-corrected chi connectivity index (χ0v) is 29.0. The maximum absolute atomic E-state index is 14.8. The maximum atomic E-state index is 14.8. The molecule has 5 N–H and O–H groups in total. The number of methoxy groups -OCH3 is 1. The van der Waals surface area contributed by atoms with Crippen LogP contribution in [0.4, 0.5) is 23.7 Å². The lowest BCUT2D eigenvalue weighted by molar-refractivity contribution is -0.163. The molecular formula is C35H39F3N4O6S2. The number of nitrogens with one attached hydrogen (secondary N) is 2. The van der Waals surface area contributed by atoms with Crippen molar-refractivity contribution in [2.45, 2.75) is 54.9 Å². The van der Waals surface area contributed by atoms with E-state index in [2.05, 4.69) is 10.6 Å². The predicted molar refractivity (Wildman–Crippen MR) is 185 cm³/mol. The Bertz CT molecular complexity index is 1770. The molecule has 0 aliphatic carbocycles. The third-order valence-electron chi connectivity index (χ3n) is 8.01. The first-order valence-electron chi connectivity index (χ1n) is 15.7. The normalized spacial score (nSPS) is 13.8. The van der Waals surface area contributed by atoms with Gasteiger partial charge in [-0.05, 0) is 53.9 Å². The van der Waals surface area contributed by atoms with Crippen molar-refractivity contribution < 1.29 is 41.0 Å². The van der Waals surface area contributed by atoms with Crippen LogP contribution in [0.2, 0.25) is 0 Å². The summed E-state index contributed by atoms with van der Waals surface area (Å²) in [5.41, 5.74) is 7.18. The lowest BCUT2D eigenvalue weighted by Crippen LogP contribution is -2.52. The van der Waals surface area contributed by atoms with Crippen LogP contribution < -0.4 is 16.4 Å². The molecule has 0 aliphatic heterocycles. The van der Waals surface area contributed by atoms with Crippen molar-refractivity contribution in [2.24, 2.45) is 0 Å². The van der Waals surface area contributed by atoms with E-state index in [1.807, 2.05) is 6.92 Å². The number of halogens is 3. The number of thiophene rings is 1. The third kappa shape index (κ3) is 9.21. The fourth-order valence-corrected chi connectivity index (χ4v) is 8.38. The molecule has 0 spiro atoms. The number of carbonyl (C=O) groups excluding carboxylic acids is 2. The average Bonchev–Trinajstić information content (AvgIpc) is 3.58. The minimum Gasteiger partial charge on any atom is -0.453 e. The van der Waals surface area contributed by atoms with Gasteiger partial charge in [0, 0.05) is 27.9 Å². The Kier molecular flexibility index (Phi) is 13.0. The predicted octanol–water partition coefficient (Wildman–Crippen LogP) is 6.13. The highest BCUT2D eigenvalue weighted by Crippen LogP contribution is 2.40. The van der Waals surface area contributed by atoms with Crippen LogP contribution in [-0.4, -0.2) is 62.3 Å². The Morgan fingerprint density at radius 3 is 1.96 bits per heavy atom. The number of aliphatic hydroxyl groups is 1. The Balaban J connectivity index is 1.72. The first kappa shape index (κ1) is 38.4. The summed E-state index contributed by atoms with van der Waals surface area (Å²) in [7, 11) is -3.14. The lowest BCUT2D eigenvalue weighted by Gasteiger charge is -2.30. The van der Waals surface area contributed by atoms with Crippen molar-refractivity contribution in [3.8, 4) is 0 Å². The van der Waals surface area contributed by atoms with Gasteiger partial charge >= 0.3 is 12.3 Å². The van der Waals surface area contributed by atoms with Crippen LogP contribution in [0.5, 0.6) is 0 Å². The van der Waals surface area contributed by atoms with Crippen molar-refractivity contribution >= 4 is 39.0 Å². The Morgan fingerprint density at radius 1 is 0.900 bits per heavy atom. The SMILES string of the molecule is CCCCN([C@H](CO)c1ccc([C@@H](NC(=O)[C@@H](NC(=O)OC)C(c2ccccc2)c2ccccc2)C(F)(F)F)s1)S(=O)(=O)c1ccc(N)cc1. The van der Waals surface area contributed by atoms with Crippen LogP contribution in [0.3, 0.4) is 0 Å². The van der Waals surface area contributed by atoms with E-state index >= 15 is 0 Å². The summed E-state index contributed by atoms with van der Waals surface area (Å²) in [5.74, 6) is -2.05. The van der Waals surface area contributed by atoms with E-state index in [-0.39, 0.29) is 21.2 Å². The molecule has 0 aliphatic rings. The molecule has 0 unspecified atom stereocenters. The fourth-order valence-electron chi connectivity index (χ4n) is 5.49. The van der Waals surface area contributed by atoms with E-state index in [9.17, 15) is 36.3 Å². The lowest BCUT2D eigenvalue weighted by atomic mass is 9.84. The molecule has 0 saturated carbocycles. The molecular weight excluding hydrogens is 694 g/mol. The number of hydrogen-bond donors (Lipinski definition) is 4. The second kappa shape index (κ2) is 17.0. The maximum Gasteiger partial charge on any atom is 0.413 e. The molecule has 1 aromatic heterocycles. The highest BCUT2D eigenvalue weighted by molar-refractivity contribution is 7.89. The molecule has 0 radical (unpaired) electrons. The highest BCUT2D eigenvalue weighted by Gasteiger charge is 2.45. The summed E-state index contributed by atoms with van der Waals surface area (Å²) in [5, 5.41) is 15.0. The number of carbonyl (C=O) groups is 2. The van der Waals surface area contributed by atoms with Crippen LogP contribution in [0, 0.1) is 0 Å². The van der Waals surface area contributed by atoms with Gasteiger partial charge < -0.3 is 26.2 Å². The number of rotatable bonds is 15. The first-order valence-corrected chi connectivity index (χ1v) is 18.0. The summed E-state index contributed by atoms with van der Waals surface area (Å²) in [6, 6.07) is 19.7. The molecule has 3 aromatic carbocycles. The summed E-state index contributed by atoms with van der Waals surface area (Å²) < 4.78 is 77.6. The van der Waals surface area contributed by atoms with Gasteiger partial charge in [0.15, 0.2) is 6.04 Å². The summed E-state index contributed by atoms with van der Waals surface area (Å²) >= 11 is 0.616. The number of amides is 2. The van der Waals surface area contributed by atoms with Gasteiger partial charge in [0.1, 0.15) is 6.04 Å². The van der Waals surface area contributed by atoms with E-state index < -0.39 is 58.9 Å². The number of unbranched alkanes of at least 4 members (excludes halogenated alkanes) is 1. The standard InChI is InChI=1S/C35H39F3N4O6S2/c1-3-4-21-42(50(46,47)26-17-15-25(39)16-18-26)27(22-43)28-19-20-29(49-28)32(35(36,37)38)41-33(44)31(40-34(45)48-2)30(23-11-7-5-8-12-23)24-13-9-6-10-14-24/h5-20,27,30-32,43H,3-4,21-22,39H2,1-2H3,(H,40,45)(H,41,44)/t27-,31+,32-/m1/s1. The molecule has 0 fully saturated rings. The smallest absolute Gasteiger partial charge is 0.413 e. The highest BCUT2D eigenvalue weighted by atomic mass is 32.2. The molecule has 50 heavy (non-hydrogen) atoms. The zero-order chi connectivity index (χ0) is 36.5. The van der Waals surface area contributed by atoms with Crippen LogP contribution in [0.15, 0.2) is 102 Å². The van der Waals surface area contributed by atoms with Gasteiger partial charge in [-0.2, -0.15) is 17.5 Å². The van der Waals surface area contributed by atoms with Crippen molar-refractivity contribution in [1.82, 2.24) is 14.9 Å². The monoisotopic (exact) mass is 732 g/mol. The van der Waals surface area contributed by atoms with Gasteiger partial charge in [-0.25, -0.2) is 13.2 Å². The Morgan fingerprint density at radius 2 is 1.46 bits per heavy atom. The zero-order valence-electron chi connectivity index (χ0n) is 27.3. The van der Waals surface area contributed by atoms with Crippen LogP contribution >= 0.6 is 11.3 Å². The molecule has 0 bridgehead atoms. The van der Waals surface area contributed by atoms with E-state index in [0.29, 0.717) is 41.0 Å². The number of ether oxygens (including phenoxy) is 1. The Labute approximate surface area is 293 Å². The number of nitrogens with two attached hydrogens (primary N) is 1. The van der Waals surface area contributed by atoms with Crippen molar-refractivity contribution in [3.05, 3.63) is 118 Å². The number of sulfonamides is 1. The molecule has 15 heteroatoms. The molecule has 3 atom stereocenters. The molecule has 0 saturated heterocycles. The van der Waals surface area contributed by atoms with Gasteiger partial charge in [-0.1, -0.05) is 74.0 Å². The molecule has 4 aromatic rings. The molecule has 2 amide bonds. The molecule has 268 valence electrons. The molecule has 4 rings (SSSR count). The number of benzene rings is 3. The van der Waals surface area contributed by atoms with Crippen LogP contribution in [0.25, 0.3) is 0 Å². The fraction of sp³-hybridized carbons (Fsp3) is 0.314. The summed E-state index contributed by atoms with van der Waals surface area (Å²) in [4.78, 5) is 26.1. The number of alkyl halides is 3. The van der Waals surface area contributed by atoms with Gasteiger partial charge in [-0.15, -0.1) is 11.3 Å². The summed E-state index contributed by atoms with van der Waals surface area (Å²) in [6.45, 7) is 1.12. The number of hydrogen-bond acceptors (Lipinski definition) is 8. The minimum atomic E-state index is -5.00. The number of alkyl carbamates (subject to hydrolysis) is 1. The largest absolute Gasteiger partial charge is 0.453 e. The van der Waals surface area contributed by atoms with Gasteiger partial charge in [0.25, 0.3) is 0 Å². The van der Waals surface area contributed by atoms with Gasteiger partial charge in [0.05, 0.1) is 24.7 Å². The molecule has 1 heterocycles. The second-order valence-electron chi connectivity index (χ2n) is 11.4. The molecule has 10 nitrogen and oxygen atoms in total. The van der Waals surface area contributed by atoms with E-state index in [4.69, 9.17) is 10.5 Å². The van der Waals surface area contributed by atoms with Gasteiger partial charge in [0.2, 0.25) is 15.9 Å². The van der Waals surface area contributed by atoms with Crippen LogP contribution in [0.1, 0.15) is 58.6 Å².